The van der Waals surface area contributed by atoms with Crippen LogP contribution in [0, 0.1) is 0 Å². The van der Waals surface area contributed by atoms with Gasteiger partial charge in [0, 0.05) is 0 Å². The molecule has 0 aromatic carbocycles. The van der Waals surface area contributed by atoms with Crippen LogP contribution in [0.15, 0.2) is 60.8 Å². The summed E-state index contributed by atoms with van der Waals surface area (Å²) >= 11 is 0. The Kier molecular flexibility index (Phi) is 34.0. The van der Waals surface area contributed by atoms with Crippen molar-refractivity contribution in [1.29, 1.82) is 0 Å². The van der Waals surface area contributed by atoms with Crippen LogP contribution in [0.4, 0.5) is 0 Å². The molecule has 0 rings (SSSR count). The van der Waals surface area contributed by atoms with Gasteiger partial charge in [0.2, 0.25) is 5.91 Å². The Balaban J connectivity index is 4.05. The van der Waals surface area contributed by atoms with Crippen LogP contribution in [-0.4, -0.2) is 53.1 Å². The van der Waals surface area contributed by atoms with Gasteiger partial charge in [-0.25, -0.2) is 0 Å². The van der Waals surface area contributed by atoms with E-state index in [1.54, 1.807) is 6.08 Å². The number of carbonyl (C=O) groups excluding carboxylic acids is 1. The lowest BCUT2D eigenvalue weighted by molar-refractivity contribution is -0.130. The van der Waals surface area contributed by atoms with Crippen molar-refractivity contribution >= 4 is 16.0 Å². The SMILES string of the molecule is CCC/C=C/CC/C=C/CC/C=C/C(O)C(CS(=O)(=O)O)NC(=O)C(O)CCCCCCCC/C=C\C/C=C\CCCCCCCCCCC. The van der Waals surface area contributed by atoms with Crippen molar-refractivity contribution in [2.24, 2.45) is 0 Å². The molecule has 3 unspecified atom stereocenters. The van der Waals surface area contributed by atoms with E-state index in [1.165, 1.54) is 70.3 Å². The number of rotatable bonds is 35. The summed E-state index contributed by atoms with van der Waals surface area (Å²) in [5.74, 6) is -1.58. The van der Waals surface area contributed by atoms with Gasteiger partial charge in [0.15, 0.2) is 0 Å². The molecule has 0 fully saturated rings. The third kappa shape index (κ3) is 34.4. The second-order valence-electron chi connectivity index (χ2n) is 13.7. The summed E-state index contributed by atoms with van der Waals surface area (Å²) in [5.41, 5.74) is 0. The van der Waals surface area contributed by atoms with Crippen molar-refractivity contribution in [2.75, 3.05) is 5.75 Å². The molecule has 0 spiro atoms. The van der Waals surface area contributed by atoms with Crippen LogP contribution in [-0.2, 0) is 14.9 Å². The van der Waals surface area contributed by atoms with Gasteiger partial charge in [0.1, 0.15) is 6.10 Å². The maximum Gasteiger partial charge on any atom is 0.267 e. The van der Waals surface area contributed by atoms with Crippen LogP contribution in [0.5, 0.6) is 0 Å². The summed E-state index contributed by atoms with van der Waals surface area (Å²) in [6, 6.07) is -1.26. The van der Waals surface area contributed by atoms with Crippen molar-refractivity contribution in [3.8, 4) is 0 Å². The van der Waals surface area contributed by atoms with Crippen molar-refractivity contribution in [1.82, 2.24) is 5.32 Å². The molecule has 0 aliphatic rings. The largest absolute Gasteiger partial charge is 0.387 e. The standard InChI is InChI=1S/C42H75NO6S/c1-3-5-7-9-11-13-15-16-17-18-19-20-21-22-23-24-25-27-29-31-33-35-37-41(45)42(46)43-39(38-50(47,48)49)40(44)36-34-32-30-28-26-14-12-10-8-6-4-2/h8,10,19-20,22-23,26,28,34,36,39-41,44-45H,3-7,9,11-18,21,24-25,27,29-33,35,37-38H2,1-2H3,(H,43,46)(H,47,48,49)/b10-8+,20-19-,23-22-,28-26+,36-34+. The normalized spacial score (nSPS) is 14.6. The van der Waals surface area contributed by atoms with Crippen LogP contribution in [0.25, 0.3) is 0 Å². The number of hydrogen-bond donors (Lipinski definition) is 4. The third-order valence-electron chi connectivity index (χ3n) is 8.73. The molecule has 0 aliphatic carbocycles. The van der Waals surface area contributed by atoms with Crippen molar-refractivity contribution in [3.05, 3.63) is 60.8 Å². The molecule has 7 nitrogen and oxygen atoms in total. The first kappa shape index (κ1) is 48.0. The summed E-state index contributed by atoms with van der Waals surface area (Å²) < 4.78 is 32.4. The molecule has 0 saturated heterocycles. The first-order chi connectivity index (χ1) is 24.2. The van der Waals surface area contributed by atoms with Crippen molar-refractivity contribution in [3.63, 3.8) is 0 Å². The Bertz CT molecular complexity index is 1030. The van der Waals surface area contributed by atoms with Gasteiger partial charge in [-0.1, -0.05) is 164 Å². The zero-order valence-corrected chi connectivity index (χ0v) is 32.7. The number of carbonyl (C=O) groups is 1. The van der Waals surface area contributed by atoms with E-state index in [2.05, 4.69) is 67.8 Å². The molecular formula is C42H75NO6S. The maximum absolute atomic E-state index is 12.6. The monoisotopic (exact) mass is 722 g/mol. The average molecular weight is 722 g/mol. The predicted molar refractivity (Wildman–Crippen MR) is 213 cm³/mol. The number of aliphatic hydroxyl groups is 2. The summed E-state index contributed by atoms with van der Waals surface area (Å²) in [5, 5.41) is 23.3. The number of nitrogens with one attached hydrogen (secondary N) is 1. The molecule has 0 bridgehead atoms. The van der Waals surface area contributed by atoms with E-state index in [1.807, 2.05) is 0 Å². The maximum atomic E-state index is 12.6. The zero-order valence-electron chi connectivity index (χ0n) is 31.9. The van der Waals surface area contributed by atoms with E-state index in [4.69, 9.17) is 0 Å². The highest BCUT2D eigenvalue weighted by Crippen LogP contribution is 2.13. The summed E-state index contributed by atoms with van der Waals surface area (Å²) in [7, 11) is -4.46. The minimum Gasteiger partial charge on any atom is -0.387 e. The van der Waals surface area contributed by atoms with Crippen LogP contribution in [0.2, 0.25) is 0 Å². The zero-order chi connectivity index (χ0) is 37.0. The molecule has 290 valence electrons. The first-order valence-electron chi connectivity index (χ1n) is 20.1. The van der Waals surface area contributed by atoms with E-state index in [-0.39, 0.29) is 6.42 Å². The van der Waals surface area contributed by atoms with E-state index >= 15 is 0 Å². The number of aliphatic hydroxyl groups excluding tert-OH is 2. The number of amides is 1. The molecule has 0 radical (unpaired) electrons. The van der Waals surface area contributed by atoms with E-state index < -0.39 is 40.0 Å². The Labute approximate surface area is 307 Å². The average Bonchev–Trinajstić information content (AvgIpc) is 3.08. The van der Waals surface area contributed by atoms with Gasteiger partial charge in [-0.2, -0.15) is 8.42 Å². The fourth-order valence-electron chi connectivity index (χ4n) is 5.64. The highest BCUT2D eigenvalue weighted by atomic mass is 32.2. The lowest BCUT2D eigenvalue weighted by Gasteiger charge is -2.22. The van der Waals surface area contributed by atoms with Gasteiger partial charge in [0.25, 0.3) is 10.1 Å². The molecule has 0 aromatic rings. The van der Waals surface area contributed by atoms with E-state index in [9.17, 15) is 28.0 Å². The number of allylic oxidation sites excluding steroid dienone is 9. The molecular weight excluding hydrogens is 647 g/mol. The highest BCUT2D eigenvalue weighted by Gasteiger charge is 2.27. The lowest BCUT2D eigenvalue weighted by atomic mass is 10.0. The highest BCUT2D eigenvalue weighted by molar-refractivity contribution is 7.85. The number of hydrogen-bond acceptors (Lipinski definition) is 5. The van der Waals surface area contributed by atoms with Crippen LogP contribution >= 0.6 is 0 Å². The molecule has 0 aliphatic heterocycles. The summed E-state index contributed by atoms with van der Waals surface area (Å²) in [6.07, 6.45) is 45.7. The van der Waals surface area contributed by atoms with Gasteiger partial charge in [-0.15, -0.1) is 0 Å². The fourth-order valence-corrected chi connectivity index (χ4v) is 6.38. The molecule has 50 heavy (non-hydrogen) atoms. The number of unbranched alkanes of at least 4 members (excludes halogenated alkanes) is 18. The molecule has 0 saturated carbocycles. The quantitative estimate of drug-likeness (QED) is 0.0293. The van der Waals surface area contributed by atoms with Crippen molar-refractivity contribution < 1.29 is 28.0 Å². The van der Waals surface area contributed by atoms with Crippen molar-refractivity contribution in [2.45, 2.75) is 193 Å². The van der Waals surface area contributed by atoms with Crippen LogP contribution < -0.4 is 5.32 Å². The minimum atomic E-state index is -4.46. The van der Waals surface area contributed by atoms with E-state index in [0.29, 0.717) is 12.8 Å². The smallest absolute Gasteiger partial charge is 0.267 e. The minimum absolute atomic E-state index is 0.256. The molecule has 0 aromatic heterocycles. The molecule has 3 atom stereocenters. The fraction of sp³-hybridized carbons (Fsp3) is 0.738. The van der Waals surface area contributed by atoms with Crippen LogP contribution in [0.1, 0.15) is 174 Å². The van der Waals surface area contributed by atoms with E-state index in [0.717, 1.165) is 77.0 Å². The molecule has 4 N–H and O–H groups in total. The molecule has 8 heteroatoms. The topological polar surface area (TPSA) is 124 Å². The van der Waals surface area contributed by atoms with Gasteiger partial charge in [-0.05, 0) is 70.6 Å². The lowest BCUT2D eigenvalue weighted by Crippen LogP contribution is -2.50. The summed E-state index contributed by atoms with van der Waals surface area (Å²) in [4.78, 5) is 12.6. The van der Waals surface area contributed by atoms with Gasteiger partial charge >= 0.3 is 0 Å². The predicted octanol–water partition coefficient (Wildman–Crippen LogP) is 10.7. The molecule has 1 amide bonds. The van der Waals surface area contributed by atoms with Crippen LogP contribution in [0.3, 0.4) is 0 Å². The second kappa shape index (κ2) is 35.4. The Morgan fingerprint density at radius 2 is 1.00 bits per heavy atom. The first-order valence-corrected chi connectivity index (χ1v) is 21.7. The van der Waals surface area contributed by atoms with Gasteiger partial charge in [-0.3, -0.25) is 9.35 Å². The van der Waals surface area contributed by atoms with Gasteiger partial charge < -0.3 is 15.5 Å². The Hall–Kier alpha value is -2.00. The van der Waals surface area contributed by atoms with Gasteiger partial charge in [0.05, 0.1) is 17.9 Å². The Morgan fingerprint density at radius 1 is 0.560 bits per heavy atom. The molecule has 0 heterocycles. The second-order valence-corrected chi connectivity index (χ2v) is 15.2. The Morgan fingerprint density at radius 3 is 1.50 bits per heavy atom. The third-order valence-corrected chi connectivity index (χ3v) is 9.51. The summed E-state index contributed by atoms with van der Waals surface area (Å²) in [6.45, 7) is 4.42.